The molecule has 0 fully saturated rings. The Morgan fingerprint density at radius 2 is 2.06 bits per heavy atom. The summed E-state index contributed by atoms with van der Waals surface area (Å²) in [4.78, 5) is 4.02. The molecule has 2 heterocycles. The standard InChI is InChI=1S/C14H19N3/c1-2-14(15)13-6-10-17(11-13)9-5-12-3-7-16-8-4-12/h3-4,6-8,10-11,14H,2,5,9,15H2,1H3. The van der Waals surface area contributed by atoms with Gasteiger partial charge < -0.3 is 10.3 Å². The average Bonchev–Trinajstić information content (AvgIpc) is 2.85. The van der Waals surface area contributed by atoms with E-state index in [4.69, 9.17) is 5.73 Å². The summed E-state index contributed by atoms with van der Waals surface area (Å²) in [7, 11) is 0. The molecule has 3 nitrogen and oxygen atoms in total. The molecule has 0 amide bonds. The molecule has 0 aromatic carbocycles. The van der Waals surface area contributed by atoms with E-state index >= 15 is 0 Å². The maximum absolute atomic E-state index is 5.99. The molecule has 2 N–H and O–H groups in total. The number of aromatic nitrogens is 2. The van der Waals surface area contributed by atoms with Gasteiger partial charge in [0.1, 0.15) is 0 Å². The second kappa shape index (κ2) is 5.64. The van der Waals surface area contributed by atoms with Gasteiger partial charge in [0.2, 0.25) is 0 Å². The van der Waals surface area contributed by atoms with Crippen LogP contribution < -0.4 is 5.73 Å². The number of nitrogens with two attached hydrogens (primary N) is 1. The zero-order chi connectivity index (χ0) is 12.1. The van der Waals surface area contributed by atoms with E-state index in [1.54, 1.807) is 0 Å². The van der Waals surface area contributed by atoms with Crippen molar-refractivity contribution in [1.82, 2.24) is 9.55 Å². The zero-order valence-electron chi connectivity index (χ0n) is 10.2. The van der Waals surface area contributed by atoms with E-state index in [1.807, 2.05) is 12.4 Å². The molecule has 0 spiro atoms. The molecule has 2 aromatic rings. The van der Waals surface area contributed by atoms with Crippen molar-refractivity contribution in [2.75, 3.05) is 0 Å². The first-order valence-electron chi connectivity index (χ1n) is 6.09. The fourth-order valence-corrected chi connectivity index (χ4v) is 1.86. The van der Waals surface area contributed by atoms with E-state index in [0.717, 1.165) is 19.4 Å². The van der Waals surface area contributed by atoms with Crippen molar-refractivity contribution in [2.24, 2.45) is 5.73 Å². The quantitative estimate of drug-likeness (QED) is 0.856. The monoisotopic (exact) mass is 229 g/mol. The normalized spacial score (nSPS) is 12.6. The maximum Gasteiger partial charge on any atom is 0.0307 e. The summed E-state index contributed by atoms with van der Waals surface area (Å²) < 4.78 is 2.20. The minimum absolute atomic E-state index is 0.164. The van der Waals surface area contributed by atoms with Crippen molar-refractivity contribution in [3.8, 4) is 0 Å². The summed E-state index contributed by atoms with van der Waals surface area (Å²) in [6.45, 7) is 3.10. The van der Waals surface area contributed by atoms with Crippen LogP contribution in [0.15, 0.2) is 43.0 Å². The van der Waals surface area contributed by atoms with Crippen LogP contribution in [0.2, 0.25) is 0 Å². The largest absolute Gasteiger partial charge is 0.354 e. The molecule has 0 radical (unpaired) electrons. The van der Waals surface area contributed by atoms with Crippen LogP contribution in [0.25, 0.3) is 0 Å². The molecule has 1 unspecified atom stereocenters. The Labute approximate surface area is 102 Å². The van der Waals surface area contributed by atoms with Crippen LogP contribution in [0.3, 0.4) is 0 Å². The molecule has 0 aliphatic carbocycles. The third-order valence-electron chi connectivity index (χ3n) is 3.05. The fourth-order valence-electron chi connectivity index (χ4n) is 1.86. The molecule has 2 rings (SSSR count). The molecule has 0 aliphatic rings. The molecule has 0 saturated carbocycles. The third kappa shape index (κ3) is 3.17. The number of pyridine rings is 1. The zero-order valence-corrected chi connectivity index (χ0v) is 10.2. The molecule has 90 valence electrons. The van der Waals surface area contributed by atoms with Gasteiger partial charge in [-0.2, -0.15) is 0 Å². The molecule has 17 heavy (non-hydrogen) atoms. The van der Waals surface area contributed by atoms with E-state index in [0.29, 0.717) is 0 Å². The summed E-state index contributed by atoms with van der Waals surface area (Å²) >= 11 is 0. The lowest BCUT2D eigenvalue weighted by Gasteiger charge is -2.06. The maximum atomic E-state index is 5.99. The van der Waals surface area contributed by atoms with Crippen molar-refractivity contribution < 1.29 is 0 Å². The van der Waals surface area contributed by atoms with Crippen molar-refractivity contribution in [1.29, 1.82) is 0 Å². The van der Waals surface area contributed by atoms with Gasteiger partial charge in [-0.25, -0.2) is 0 Å². The van der Waals surface area contributed by atoms with Gasteiger partial charge in [0, 0.05) is 37.4 Å². The topological polar surface area (TPSA) is 43.8 Å². The van der Waals surface area contributed by atoms with Gasteiger partial charge in [0.25, 0.3) is 0 Å². The lowest BCUT2D eigenvalue weighted by molar-refractivity contribution is 0.674. The third-order valence-corrected chi connectivity index (χ3v) is 3.05. The molecular formula is C14H19N3. The molecule has 0 aliphatic heterocycles. The molecule has 0 saturated heterocycles. The van der Waals surface area contributed by atoms with E-state index < -0.39 is 0 Å². The summed E-state index contributed by atoms with van der Waals surface area (Å²) in [6, 6.07) is 6.39. The predicted molar refractivity (Wildman–Crippen MR) is 69.6 cm³/mol. The molecule has 1 atom stereocenters. The Balaban J connectivity index is 1.94. The SMILES string of the molecule is CCC(N)c1ccn(CCc2ccncc2)c1. The van der Waals surface area contributed by atoms with Crippen LogP contribution in [0.1, 0.15) is 30.5 Å². The highest BCUT2D eigenvalue weighted by molar-refractivity contribution is 5.15. The Bertz CT molecular complexity index is 448. The minimum atomic E-state index is 0.164. The van der Waals surface area contributed by atoms with Crippen molar-refractivity contribution in [3.63, 3.8) is 0 Å². The van der Waals surface area contributed by atoms with E-state index in [-0.39, 0.29) is 6.04 Å². The Hall–Kier alpha value is -1.61. The summed E-state index contributed by atoms with van der Waals surface area (Å²) in [5, 5.41) is 0. The van der Waals surface area contributed by atoms with Crippen LogP contribution in [0.4, 0.5) is 0 Å². The average molecular weight is 229 g/mol. The van der Waals surface area contributed by atoms with E-state index in [9.17, 15) is 0 Å². The second-order valence-electron chi connectivity index (χ2n) is 4.30. The van der Waals surface area contributed by atoms with Crippen molar-refractivity contribution >= 4 is 0 Å². The van der Waals surface area contributed by atoms with Crippen molar-refractivity contribution in [3.05, 3.63) is 54.1 Å². The summed E-state index contributed by atoms with van der Waals surface area (Å²) in [6.07, 6.45) is 9.93. The van der Waals surface area contributed by atoms with Gasteiger partial charge in [0.05, 0.1) is 0 Å². The second-order valence-corrected chi connectivity index (χ2v) is 4.30. The molecule has 2 aromatic heterocycles. The number of hydrogen-bond acceptors (Lipinski definition) is 2. The smallest absolute Gasteiger partial charge is 0.0307 e. The molecule has 3 heteroatoms. The Morgan fingerprint density at radius 1 is 1.29 bits per heavy atom. The number of aryl methyl sites for hydroxylation is 2. The van der Waals surface area contributed by atoms with Gasteiger partial charge in [-0.3, -0.25) is 4.98 Å². The first-order chi connectivity index (χ1) is 8.29. The highest BCUT2D eigenvalue weighted by Crippen LogP contribution is 2.14. The predicted octanol–water partition coefficient (Wildman–Crippen LogP) is 2.54. The van der Waals surface area contributed by atoms with Crippen LogP contribution in [-0.2, 0) is 13.0 Å². The molecular weight excluding hydrogens is 210 g/mol. The Morgan fingerprint density at radius 3 is 2.76 bits per heavy atom. The van der Waals surface area contributed by atoms with Gasteiger partial charge in [0.15, 0.2) is 0 Å². The highest BCUT2D eigenvalue weighted by atomic mass is 14.9. The van der Waals surface area contributed by atoms with E-state index in [1.165, 1.54) is 11.1 Å². The number of rotatable bonds is 5. The van der Waals surface area contributed by atoms with Crippen LogP contribution in [0.5, 0.6) is 0 Å². The lowest BCUT2D eigenvalue weighted by atomic mass is 10.1. The van der Waals surface area contributed by atoms with Gasteiger partial charge in [-0.15, -0.1) is 0 Å². The van der Waals surface area contributed by atoms with Crippen LogP contribution >= 0.6 is 0 Å². The van der Waals surface area contributed by atoms with Crippen LogP contribution in [-0.4, -0.2) is 9.55 Å². The Kier molecular flexibility index (Phi) is 3.94. The minimum Gasteiger partial charge on any atom is -0.354 e. The van der Waals surface area contributed by atoms with Crippen LogP contribution in [0, 0.1) is 0 Å². The first kappa shape index (κ1) is 11.9. The first-order valence-corrected chi connectivity index (χ1v) is 6.09. The van der Waals surface area contributed by atoms with Gasteiger partial charge >= 0.3 is 0 Å². The number of hydrogen-bond donors (Lipinski definition) is 1. The number of nitrogens with zero attached hydrogens (tertiary/aromatic N) is 2. The van der Waals surface area contributed by atoms with Gasteiger partial charge in [-0.05, 0) is 42.2 Å². The van der Waals surface area contributed by atoms with E-state index in [2.05, 4.69) is 47.1 Å². The van der Waals surface area contributed by atoms with Gasteiger partial charge in [-0.1, -0.05) is 6.92 Å². The lowest BCUT2D eigenvalue weighted by Crippen LogP contribution is -2.07. The highest BCUT2D eigenvalue weighted by Gasteiger charge is 2.04. The summed E-state index contributed by atoms with van der Waals surface area (Å²) in [5.74, 6) is 0. The van der Waals surface area contributed by atoms with Crippen molar-refractivity contribution in [2.45, 2.75) is 32.4 Å². The fraction of sp³-hybridized carbons (Fsp3) is 0.357. The molecule has 0 bridgehead atoms. The summed E-state index contributed by atoms with van der Waals surface area (Å²) in [5.41, 5.74) is 8.53.